The second-order valence-corrected chi connectivity index (χ2v) is 2.76. The summed E-state index contributed by atoms with van der Waals surface area (Å²) in [4.78, 5) is 2.72. The van der Waals surface area contributed by atoms with Crippen LogP contribution in [-0.2, 0) is 0 Å². The summed E-state index contributed by atoms with van der Waals surface area (Å²) >= 11 is 0. The lowest BCUT2D eigenvalue weighted by molar-refractivity contribution is 0.146. The Morgan fingerprint density at radius 3 is 2.31 bits per heavy atom. The number of nitrogens with one attached hydrogen (secondary N) is 1. The summed E-state index contributed by atoms with van der Waals surface area (Å²) in [5, 5.41) is 1.19. The SMILES string of the molecule is Fc1cc2c[nH]cc2cc1C(F)F. The summed E-state index contributed by atoms with van der Waals surface area (Å²) in [5.41, 5.74) is -0.549. The monoisotopic (exact) mass is 185 g/mol. The maximum absolute atomic E-state index is 13.0. The second kappa shape index (κ2) is 2.80. The number of rotatable bonds is 1. The highest BCUT2D eigenvalue weighted by atomic mass is 19.3. The molecule has 1 nitrogen and oxygen atoms in total. The van der Waals surface area contributed by atoms with Crippen LogP contribution in [0.1, 0.15) is 12.0 Å². The van der Waals surface area contributed by atoms with E-state index in [1.165, 1.54) is 0 Å². The first-order valence-corrected chi connectivity index (χ1v) is 3.72. The Bertz CT molecular complexity index is 433. The molecule has 0 unspecified atom stereocenters. The molecule has 0 aliphatic rings. The van der Waals surface area contributed by atoms with Gasteiger partial charge in [-0.15, -0.1) is 0 Å². The number of H-pyrrole nitrogens is 1. The molecular formula is C9H6F3N. The first kappa shape index (κ1) is 8.16. The minimum atomic E-state index is -2.76. The van der Waals surface area contributed by atoms with Crippen LogP contribution in [0.25, 0.3) is 10.8 Å². The lowest BCUT2D eigenvalue weighted by Crippen LogP contribution is -1.89. The number of alkyl halides is 2. The number of aromatic nitrogens is 1. The average molecular weight is 185 g/mol. The molecule has 0 fully saturated rings. The topological polar surface area (TPSA) is 15.8 Å². The molecule has 0 bridgehead atoms. The van der Waals surface area contributed by atoms with Crippen LogP contribution in [0.2, 0.25) is 0 Å². The molecule has 1 aromatic carbocycles. The zero-order valence-corrected chi connectivity index (χ0v) is 6.52. The molecule has 13 heavy (non-hydrogen) atoms. The van der Waals surface area contributed by atoms with Crippen molar-refractivity contribution >= 4 is 10.8 Å². The van der Waals surface area contributed by atoms with Crippen LogP contribution in [-0.4, -0.2) is 4.98 Å². The Morgan fingerprint density at radius 1 is 1.08 bits per heavy atom. The van der Waals surface area contributed by atoms with E-state index in [4.69, 9.17) is 0 Å². The zero-order valence-electron chi connectivity index (χ0n) is 6.52. The zero-order chi connectivity index (χ0) is 9.42. The lowest BCUT2D eigenvalue weighted by atomic mass is 10.1. The molecule has 4 heteroatoms. The van der Waals surface area contributed by atoms with Crippen molar-refractivity contribution in [2.45, 2.75) is 6.43 Å². The van der Waals surface area contributed by atoms with Gasteiger partial charge in [-0.05, 0) is 17.5 Å². The third-order valence-electron chi connectivity index (χ3n) is 1.92. The molecule has 0 amide bonds. The minimum Gasteiger partial charge on any atom is -0.366 e. The van der Waals surface area contributed by atoms with Crippen molar-refractivity contribution in [3.05, 3.63) is 35.9 Å². The van der Waals surface area contributed by atoms with Gasteiger partial charge in [0, 0.05) is 17.8 Å². The molecular weight excluding hydrogens is 179 g/mol. The Kier molecular flexibility index (Phi) is 1.76. The lowest BCUT2D eigenvalue weighted by Gasteiger charge is -2.01. The van der Waals surface area contributed by atoms with Gasteiger partial charge in [0.1, 0.15) is 5.82 Å². The third kappa shape index (κ3) is 1.28. The standard InChI is InChI=1S/C9H6F3N/c10-8-2-6-4-13-3-5(6)1-7(8)9(11)12/h1-4,9,13H. The van der Waals surface area contributed by atoms with Crippen LogP contribution in [0.15, 0.2) is 24.5 Å². The minimum absolute atomic E-state index is 0.549. The van der Waals surface area contributed by atoms with Crippen molar-refractivity contribution in [3.63, 3.8) is 0 Å². The fourth-order valence-electron chi connectivity index (χ4n) is 1.26. The van der Waals surface area contributed by atoms with E-state index in [0.29, 0.717) is 10.8 Å². The molecule has 2 aromatic rings. The predicted octanol–water partition coefficient (Wildman–Crippen LogP) is 3.24. The first-order valence-electron chi connectivity index (χ1n) is 3.72. The molecule has 2 rings (SSSR count). The van der Waals surface area contributed by atoms with Gasteiger partial charge >= 0.3 is 0 Å². The number of benzene rings is 1. The van der Waals surface area contributed by atoms with E-state index in [2.05, 4.69) is 4.98 Å². The maximum atomic E-state index is 13.0. The van der Waals surface area contributed by atoms with Crippen molar-refractivity contribution in [1.29, 1.82) is 0 Å². The van der Waals surface area contributed by atoms with Gasteiger partial charge in [0.15, 0.2) is 0 Å². The highest BCUT2D eigenvalue weighted by molar-refractivity contribution is 5.82. The van der Waals surface area contributed by atoms with Crippen molar-refractivity contribution in [2.24, 2.45) is 0 Å². The van der Waals surface area contributed by atoms with Gasteiger partial charge < -0.3 is 4.98 Å². The number of hydrogen-bond acceptors (Lipinski definition) is 0. The molecule has 0 radical (unpaired) electrons. The number of halogens is 3. The molecule has 0 aliphatic carbocycles. The van der Waals surface area contributed by atoms with E-state index in [9.17, 15) is 13.2 Å². The van der Waals surface area contributed by atoms with Crippen LogP contribution in [0, 0.1) is 5.82 Å². The fraction of sp³-hybridized carbons (Fsp3) is 0.111. The summed E-state index contributed by atoms with van der Waals surface area (Å²) < 4.78 is 37.4. The van der Waals surface area contributed by atoms with Crippen molar-refractivity contribution in [1.82, 2.24) is 4.98 Å². The van der Waals surface area contributed by atoms with Crippen LogP contribution < -0.4 is 0 Å². The molecule has 0 aliphatic heterocycles. The molecule has 1 aromatic heterocycles. The fourth-order valence-corrected chi connectivity index (χ4v) is 1.26. The van der Waals surface area contributed by atoms with Crippen molar-refractivity contribution in [3.8, 4) is 0 Å². The van der Waals surface area contributed by atoms with Gasteiger partial charge in [0.2, 0.25) is 0 Å². The molecule has 68 valence electrons. The highest BCUT2D eigenvalue weighted by Gasteiger charge is 2.13. The van der Waals surface area contributed by atoms with Crippen molar-refractivity contribution < 1.29 is 13.2 Å². The van der Waals surface area contributed by atoms with E-state index >= 15 is 0 Å². The van der Waals surface area contributed by atoms with Gasteiger partial charge in [-0.2, -0.15) is 0 Å². The number of hydrogen-bond donors (Lipinski definition) is 1. The van der Waals surface area contributed by atoms with Crippen LogP contribution >= 0.6 is 0 Å². The molecule has 1 N–H and O–H groups in total. The summed E-state index contributed by atoms with van der Waals surface area (Å²) in [6.45, 7) is 0. The van der Waals surface area contributed by atoms with E-state index in [-0.39, 0.29) is 0 Å². The smallest absolute Gasteiger partial charge is 0.266 e. The second-order valence-electron chi connectivity index (χ2n) is 2.76. The van der Waals surface area contributed by atoms with E-state index in [1.807, 2.05) is 0 Å². The molecule has 0 saturated carbocycles. The highest BCUT2D eigenvalue weighted by Crippen LogP contribution is 2.26. The van der Waals surface area contributed by atoms with Gasteiger partial charge in [-0.1, -0.05) is 0 Å². The van der Waals surface area contributed by atoms with Gasteiger partial charge in [-0.3, -0.25) is 0 Å². The molecule has 0 atom stereocenters. The quantitative estimate of drug-likeness (QED) is 0.701. The molecule has 0 spiro atoms. The van der Waals surface area contributed by atoms with Gasteiger partial charge in [0.25, 0.3) is 6.43 Å². The summed E-state index contributed by atoms with van der Waals surface area (Å²) in [5.74, 6) is -0.859. The van der Waals surface area contributed by atoms with Crippen LogP contribution in [0.3, 0.4) is 0 Å². The number of aromatic amines is 1. The van der Waals surface area contributed by atoms with E-state index in [1.54, 1.807) is 12.4 Å². The maximum Gasteiger partial charge on any atom is 0.266 e. The summed E-state index contributed by atoms with van der Waals surface area (Å²) in [6, 6.07) is 2.26. The van der Waals surface area contributed by atoms with E-state index in [0.717, 1.165) is 12.1 Å². The Labute approximate surface area is 72.2 Å². The normalized spacial score (nSPS) is 11.4. The van der Waals surface area contributed by atoms with Crippen molar-refractivity contribution in [2.75, 3.05) is 0 Å². The van der Waals surface area contributed by atoms with Crippen LogP contribution in [0.4, 0.5) is 13.2 Å². The third-order valence-corrected chi connectivity index (χ3v) is 1.92. The van der Waals surface area contributed by atoms with Gasteiger partial charge in [-0.25, -0.2) is 13.2 Å². The van der Waals surface area contributed by atoms with E-state index < -0.39 is 17.8 Å². The molecule has 1 heterocycles. The number of fused-ring (bicyclic) bond motifs is 1. The molecule has 0 saturated heterocycles. The van der Waals surface area contributed by atoms with Crippen LogP contribution in [0.5, 0.6) is 0 Å². The average Bonchev–Trinajstić information content (AvgIpc) is 2.48. The summed E-state index contributed by atoms with van der Waals surface area (Å²) in [6.07, 6.45) is 0.355. The Morgan fingerprint density at radius 2 is 1.69 bits per heavy atom. The van der Waals surface area contributed by atoms with Gasteiger partial charge in [0.05, 0.1) is 5.56 Å². The summed E-state index contributed by atoms with van der Waals surface area (Å²) in [7, 11) is 0. The Balaban J connectivity index is 2.69. The Hall–Kier alpha value is -1.45. The first-order chi connectivity index (χ1) is 6.18. The predicted molar refractivity (Wildman–Crippen MR) is 43.2 cm³/mol. The largest absolute Gasteiger partial charge is 0.366 e.